The van der Waals surface area contributed by atoms with Crippen molar-refractivity contribution in [3.8, 4) is 0 Å². The molecule has 0 N–H and O–H groups in total. The molecule has 1 aromatic rings. The largest absolute Gasteiger partial charge is 0.0984 e. The molecule has 0 aliphatic carbocycles. The van der Waals surface area contributed by atoms with E-state index in [9.17, 15) is 0 Å². The number of rotatable bonds is 2. The summed E-state index contributed by atoms with van der Waals surface area (Å²) in [6.45, 7) is 11.7. The van der Waals surface area contributed by atoms with Crippen LogP contribution in [0.15, 0.2) is 25.3 Å². The Bertz CT molecular complexity index is 286. The smallest absolute Gasteiger partial charge is 0.0187 e. The number of benzene rings is 1. The molecule has 0 fully saturated rings. The van der Waals surface area contributed by atoms with Gasteiger partial charge in [-0.05, 0) is 36.1 Å². The normalized spacial score (nSPS) is 9.50. The van der Waals surface area contributed by atoms with Gasteiger partial charge in [-0.2, -0.15) is 0 Å². The lowest BCUT2D eigenvalue weighted by Crippen LogP contribution is -1.86. The SMILES string of the molecule is C=Cc1cc(C)c(C)cc1C=C. The second-order valence-electron chi connectivity index (χ2n) is 2.97. The molecule has 0 saturated carbocycles. The first-order valence-electron chi connectivity index (χ1n) is 4.05. The van der Waals surface area contributed by atoms with Gasteiger partial charge in [0, 0.05) is 0 Å². The fourth-order valence-electron chi connectivity index (χ4n) is 1.21. The zero-order valence-corrected chi connectivity index (χ0v) is 7.72. The molecular weight excluding hydrogens is 144 g/mol. The molecule has 62 valence electrons. The van der Waals surface area contributed by atoms with Gasteiger partial charge in [-0.1, -0.05) is 37.4 Å². The van der Waals surface area contributed by atoms with Crippen LogP contribution in [0.3, 0.4) is 0 Å². The van der Waals surface area contributed by atoms with E-state index in [1.54, 1.807) is 0 Å². The van der Waals surface area contributed by atoms with E-state index in [0.29, 0.717) is 0 Å². The highest BCUT2D eigenvalue weighted by molar-refractivity contribution is 5.65. The molecule has 0 aliphatic rings. The lowest BCUT2D eigenvalue weighted by atomic mass is 10.00. The van der Waals surface area contributed by atoms with Crippen molar-refractivity contribution in [2.24, 2.45) is 0 Å². The Balaban J connectivity index is 3.37. The minimum Gasteiger partial charge on any atom is -0.0984 e. The standard InChI is InChI=1S/C12H14/c1-5-11-7-9(3)10(4)8-12(11)6-2/h5-8H,1-2H2,3-4H3. The van der Waals surface area contributed by atoms with Crippen LogP contribution < -0.4 is 0 Å². The molecule has 0 nitrogen and oxygen atoms in total. The van der Waals surface area contributed by atoms with Gasteiger partial charge in [-0.15, -0.1) is 0 Å². The van der Waals surface area contributed by atoms with Crippen LogP contribution in [-0.4, -0.2) is 0 Å². The highest BCUT2D eigenvalue weighted by Gasteiger charge is 1.98. The summed E-state index contributed by atoms with van der Waals surface area (Å²) in [5, 5.41) is 0. The topological polar surface area (TPSA) is 0 Å². The van der Waals surface area contributed by atoms with Gasteiger partial charge in [0.1, 0.15) is 0 Å². The fraction of sp³-hybridized carbons (Fsp3) is 0.167. The van der Waals surface area contributed by atoms with Crippen molar-refractivity contribution >= 4 is 12.2 Å². The molecule has 0 aromatic heterocycles. The molecule has 1 aromatic carbocycles. The number of aryl methyl sites for hydroxylation is 2. The molecule has 12 heavy (non-hydrogen) atoms. The van der Waals surface area contributed by atoms with Crippen molar-refractivity contribution < 1.29 is 0 Å². The van der Waals surface area contributed by atoms with E-state index in [1.165, 1.54) is 11.1 Å². The van der Waals surface area contributed by atoms with Gasteiger partial charge in [0.05, 0.1) is 0 Å². The minimum absolute atomic E-state index is 1.16. The highest BCUT2D eigenvalue weighted by atomic mass is 14.0. The summed E-state index contributed by atoms with van der Waals surface area (Å²) >= 11 is 0. The van der Waals surface area contributed by atoms with Crippen molar-refractivity contribution in [3.63, 3.8) is 0 Å². The van der Waals surface area contributed by atoms with Crippen LogP contribution in [-0.2, 0) is 0 Å². The molecule has 0 spiro atoms. The summed E-state index contributed by atoms with van der Waals surface area (Å²) in [6.07, 6.45) is 3.73. The summed E-state index contributed by atoms with van der Waals surface area (Å²) in [5.41, 5.74) is 4.92. The fourth-order valence-corrected chi connectivity index (χ4v) is 1.21. The average molecular weight is 158 g/mol. The van der Waals surface area contributed by atoms with Gasteiger partial charge in [-0.25, -0.2) is 0 Å². The monoisotopic (exact) mass is 158 g/mol. The molecular formula is C12H14. The van der Waals surface area contributed by atoms with E-state index in [1.807, 2.05) is 12.2 Å². The van der Waals surface area contributed by atoms with Gasteiger partial charge >= 0.3 is 0 Å². The average Bonchev–Trinajstić information content (AvgIpc) is 2.09. The Morgan fingerprint density at radius 1 is 0.917 bits per heavy atom. The molecule has 0 amide bonds. The Morgan fingerprint density at radius 2 is 1.25 bits per heavy atom. The predicted molar refractivity (Wildman–Crippen MR) is 56.1 cm³/mol. The van der Waals surface area contributed by atoms with Crippen molar-refractivity contribution in [1.82, 2.24) is 0 Å². The van der Waals surface area contributed by atoms with Gasteiger partial charge in [0.15, 0.2) is 0 Å². The molecule has 0 bridgehead atoms. The molecule has 1 rings (SSSR count). The molecule has 0 atom stereocenters. The Labute approximate surface area is 74.2 Å². The summed E-state index contributed by atoms with van der Waals surface area (Å²) in [6, 6.07) is 4.28. The van der Waals surface area contributed by atoms with Gasteiger partial charge in [0.2, 0.25) is 0 Å². The van der Waals surface area contributed by atoms with Crippen molar-refractivity contribution in [2.75, 3.05) is 0 Å². The van der Waals surface area contributed by atoms with Gasteiger partial charge in [-0.3, -0.25) is 0 Å². The summed E-state index contributed by atoms with van der Waals surface area (Å²) < 4.78 is 0. The summed E-state index contributed by atoms with van der Waals surface area (Å²) in [4.78, 5) is 0. The number of hydrogen-bond acceptors (Lipinski definition) is 0. The maximum atomic E-state index is 3.76. The molecule has 0 saturated heterocycles. The Hall–Kier alpha value is -1.30. The Kier molecular flexibility index (Phi) is 2.49. The molecule has 0 heterocycles. The van der Waals surface area contributed by atoms with E-state index in [2.05, 4.69) is 39.1 Å². The number of hydrogen-bond donors (Lipinski definition) is 0. The third-order valence-electron chi connectivity index (χ3n) is 2.14. The van der Waals surface area contributed by atoms with E-state index >= 15 is 0 Å². The lowest BCUT2D eigenvalue weighted by Gasteiger charge is -2.05. The van der Waals surface area contributed by atoms with Crippen LogP contribution in [0.2, 0.25) is 0 Å². The van der Waals surface area contributed by atoms with E-state index in [4.69, 9.17) is 0 Å². The van der Waals surface area contributed by atoms with Crippen LogP contribution in [0.5, 0.6) is 0 Å². The van der Waals surface area contributed by atoms with Gasteiger partial charge in [0.25, 0.3) is 0 Å². The summed E-state index contributed by atoms with van der Waals surface area (Å²) in [7, 11) is 0. The second-order valence-corrected chi connectivity index (χ2v) is 2.97. The van der Waals surface area contributed by atoms with Crippen LogP contribution in [0, 0.1) is 13.8 Å². The first kappa shape index (κ1) is 8.79. The lowest BCUT2D eigenvalue weighted by molar-refractivity contribution is 1.33. The molecule has 0 radical (unpaired) electrons. The highest BCUT2D eigenvalue weighted by Crippen LogP contribution is 2.17. The summed E-state index contributed by atoms with van der Waals surface area (Å²) in [5.74, 6) is 0. The third kappa shape index (κ3) is 1.48. The van der Waals surface area contributed by atoms with Crippen molar-refractivity contribution in [3.05, 3.63) is 47.5 Å². The first-order valence-corrected chi connectivity index (χ1v) is 4.05. The maximum absolute atomic E-state index is 3.76. The quantitative estimate of drug-likeness (QED) is 0.617. The van der Waals surface area contributed by atoms with Crippen molar-refractivity contribution in [2.45, 2.75) is 13.8 Å². The van der Waals surface area contributed by atoms with E-state index < -0.39 is 0 Å². The molecule has 0 aliphatic heterocycles. The van der Waals surface area contributed by atoms with Crippen LogP contribution in [0.4, 0.5) is 0 Å². The third-order valence-corrected chi connectivity index (χ3v) is 2.14. The first-order chi connectivity index (χ1) is 5.69. The maximum Gasteiger partial charge on any atom is -0.0187 e. The van der Waals surface area contributed by atoms with Crippen molar-refractivity contribution in [1.29, 1.82) is 0 Å². The second kappa shape index (κ2) is 3.40. The van der Waals surface area contributed by atoms with E-state index in [0.717, 1.165) is 11.1 Å². The van der Waals surface area contributed by atoms with Crippen LogP contribution >= 0.6 is 0 Å². The predicted octanol–water partition coefficient (Wildman–Crippen LogP) is 3.59. The zero-order chi connectivity index (χ0) is 9.14. The zero-order valence-electron chi connectivity index (χ0n) is 7.72. The molecule has 0 unspecified atom stereocenters. The van der Waals surface area contributed by atoms with Gasteiger partial charge < -0.3 is 0 Å². The molecule has 0 heteroatoms. The van der Waals surface area contributed by atoms with Crippen LogP contribution in [0.25, 0.3) is 12.2 Å². The minimum atomic E-state index is 1.16. The van der Waals surface area contributed by atoms with Crippen LogP contribution in [0.1, 0.15) is 22.3 Å². The Morgan fingerprint density at radius 3 is 1.50 bits per heavy atom. The van der Waals surface area contributed by atoms with E-state index in [-0.39, 0.29) is 0 Å².